The minimum absolute atomic E-state index is 0.121. The Morgan fingerprint density at radius 1 is 1.19 bits per heavy atom. The quantitative estimate of drug-likeness (QED) is 0.715. The summed E-state index contributed by atoms with van der Waals surface area (Å²) in [5.41, 5.74) is 1.40. The number of piperazine rings is 1. The van der Waals surface area contributed by atoms with Gasteiger partial charge in [-0.2, -0.15) is 0 Å². The molecule has 1 aromatic carbocycles. The van der Waals surface area contributed by atoms with Crippen molar-refractivity contribution < 1.29 is 19.1 Å². The zero-order valence-corrected chi connectivity index (χ0v) is 18.2. The highest BCUT2D eigenvalue weighted by atomic mass is 35.5. The Kier molecular flexibility index (Phi) is 5.13. The molecule has 0 radical (unpaired) electrons. The minimum atomic E-state index is -0.676. The van der Waals surface area contributed by atoms with Crippen molar-refractivity contribution in [2.45, 2.75) is 24.4 Å². The molecule has 2 aromatic rings. The van der Waals surface area contributed by atoms with Crippen molar-refractivity contribution in [3.63, 3.8) is 0 Å². The van der Waals surface area contributed by atoms with Gasteiger partial charge in [-0.15, -0.1) is 0 Å². The second kappa shape index (κ2) is 7.98. The number of aromatic nitrogens is 1. The molecule has 3 aliphatic rings. The van der Waals surface area contributed by atoms with Gasteiger partial charge in [-0.3, -0.25) is 9.69 Å². The smallest absolute Gasteiger partial charge is 0.327 e. The minimum Gasteiger partial charge on any atom is -0.479 e. The van der Waals surface area contributed by atoms with E-state index < -0.39 is 12.1 Å². The molecule has 1 aromatic heterocycles. The van der Waals surface area contributed by atoms with Crippen LogP contribution in [-0.4, -0.2) is 76.5 Å². The number of urea groups is 2. The molecular formula is C22H22ClN5O4. The fourth-order valence-electron chi connectivity index (χ4n) is 4.51. The highest BCUT2D eigenvalue weighted by Crippen LogP contribution is 2.46. The first-order valence-corrected chi connectivity index (χ1v) is 10.8. The van der Waals surface area contributed by atoms with Crippen LogP contribution in [0.2, 0.25) is 5.02 Å². The molecule has 166 valence electrons. The van der Waals surface area contributed by atoms with Gasteiger partial charge < -0.3 is 19.9 Å². The molecule has 3 fully saturated rings. The van der Waals surface area contributed by atoms with Gasteiger partial charge in [-0.05, 0) is 18.1 Å². The van der Waals surface area contributed by atoms with Gasteiger partial charge in [0.1, 0.15) is 11.7 Å². The molecular weight excluding hydrogens is 434 g/mol. The van der Waals surface area contributed by atoms with Crippen LogP contribution in [0.4, 0.5) is 15.3 Å². The van der Waals surface area contributed by atoms with Crippen LogP contribution < -0.4 is 10.1 Å². The van der Waals surface area contributed by atoms with E-state index in [2.05, 4.69) is 10.3 Å². The van der Waals surface area contributed by atoms with Gasteiger partial charge in [0.2, 0.25) is 5.88 Å². The number of carbonyl (C=O) groups is 3. The number of anilines is 1. The number of pyridine rings is 1. The summed E-state index contributed by atoms with van der Waals surface area (Å²) in [6.45, 7) is 0.720. The number of nitrogens with zero attached hydrogens (tertiary/aromatic N) is 4. The summed E-state index contributed by atoms with van der Waals surface area (Å²) in [4.78, 5) is 47.5. The van der Waals surface area contributed by atoms with Crippen LogP contribution in [0, 0.1) is 0 Å². The molecule has 9 nitrogen and oxygen atoms in total. The molecule has 32 heavy (non-hydrogen) atoms. The van der Waals surface area contributed by atoms with Crippen LogP contribution in [0.15, 0.2) is 42.6 Å². The van der Waals surface area contributed by atoms with Crippen LogP contribution in [0.1, 0.15) is 17.9 Å². The van der Waals surface area contributed by atoms with Crippen LogP contribution >= 0.6 is 11.6 Å². The molecule has 1 N–H and O–H groups in total. The van der Waals surface area contributed by atoms with E-state index in [1.807, 2.05) is 30.3 Å². The normalized spacial score (nSPS) is 24.4. The zero-order valence-electron chi connectivity index (χ0n) is 17.4. The third-order valence-corrected chi connectivity index (χ3v) is 6.56. The topological polar surface area (TPSA) is 95.1 Å². The summed E-state index contributed by atoms with van der Waals surface area (Å²) in [7, 11) is 1.44. The number of ether oxygens (including phenoxy) is 1. The van der Waals surface area contributed by atoms with Crippen molar-refractivity contribution >= 4 is 35.3 Å². The van der Waals surface area contributed by atoms with E-state index in [0.717, 1.165) is 12.0 Å². The third-order valence-electron chi connectivity index (χ3n) is 6.25. The molecule has 3 atom stereocenters. The number of hydrogen-bond donors (Lipinski definition) is 1. The number of benzene rings is 1. The SMILES string of the molecule is COc1nccc(Cl)c1NC(=O)N1CCN2C(=O)N([C@H]3C[C@@H]3c3ccccc3)C(=O)[C@@H]2C1. The largest absolute Gasteiger partial charge is 0.479 e. The number of imide groups is 1. The molecule has 10 heteroatoms. The van der Waals surface area contributed by atoms with Crippen molar-refractivity contribution in [3.05, 3.63) is 53.2 Å². The van der Waals surface area contributed by atoms with Crippen LogP contribution in [-0.2, 0) is 4.79 Å². The maximum atomic E-state index is 13.1. The standard InChI is InChI=1S/C22H22ClN5O4/c1-32-19-18(15(23)7-8-24-19)25-21(30)26-9-10-27-17(12-26)20(29)28(22(27)31)16-11-14(16)13-5-3-2-4-6-13/h2-8,14,16-17H,9-12H2,1H3,(H,25,30)/t14-,16+,17+/m1/s1. The van der Waals surface area contributed by atoms with Crippen LogP contribution in [0.5, 0.6) is 5.88 Å². The van der Waals surface area contributed by atoms with Crippen molar-refractivity contribution in [1.82, 2.24) is 19.7 Å². The summed E-state index contributed by atoms with van der Waals surface area (Å²) in [6.07, 6.45) is 2.25. The van der Waals surface area contributed by atoms with E-state index in [-0.39, 0.29) is 42.0 Å². The Labute approximate surface area is 189 Å². The first-order valence-electron chi connectivity index (χ1n) is 10.4. The lowest BCUT2D eigenvalue weighted by Crippen LogP contribution is -2.55. The maximum absolute atomic E-state index is 13.1. The number of carbonyl (C=O) groups excluding carboxylic acids is 3. The molecule has 5 rings (SSSR count). The summed E-state index contributed by atoms with van der Waals surface area (Å²) < 4.78 is 5.17. The predicted molar refractivity (Wildman–Crippen MR) is 117 cm³/mol. The van der Waals surface area contributed by atoms with Crippen molar-refractivity contribution in [2.24, 2.45) is 0 Å². The van der Waals surface area contributed by atoms with Gasteiger partial charge in [0.15, 0.2) is 0 Å². The Bertz CT molecular complexity index is 1080. The molecule has 0 spiro atoms. The Balaban J connectivity index is 1.28. The number of methoxy groups -OCH3 is 1. The number of hydrogen-bond acceptors (Lipinski definition) is 5. The molecule has 5 amide bonds. The maximum Gasteiger partial charge on any atom is 0.327 e. The Morgan fingerprint density at radius 3 is 2.72 bits per heavy atom. The number of rotatable bonds is 4. The van der Waals surface area contributed by atoms with Gasteiger partial charge in [-0.1, -0.05) is 41.9 Å². The summed E-state index contributed by atoms with van der Waals surface area (Å²) in [5, 5.41) is 3.01. The van der Waals surface area contributed by atoms with Crippen molar-refractivity contribution in [2.75, 3.05) is 32.1 Å². The van der Waals surface area contributed by atoms with E-state index in [1.54, 1.807) is 11.0 Å². The predicted octanol–water partition coefficient (Wildman–Crippen LogP) is 2.78. The Morgan fingerprint density at radius 2 is 1.97 bits per heavy atom. The average molecular weight is 456 g/mol. The number of nitrogens with one attached hydrogen (secondary N) is 1. The molecule has 2 aliphatic heterocycles. The molecule has 3 heterocycles. The van der Waals surface area contributed by atoms with Gasteiger partial charge in [0.25, 0.3) is 5.91 Å². The summed E-state index contributed by atoms with van der Waals surface area (Å²) in [5.74, 6) is 0.126. The van der Waals surface area contributed by atoms with Gasteiger partial charge in [0, 0.05) is 31.2 Å². The average Bonchev–Trinajstić information content (AvgIpc) is 3.56. The second-order valence-electron chi connectivity index (χ2n) is 8.07. The molecule has 0 bridgehead atoms. The lowest BCUT2D eigenvalue weighted by molar-refractivity contribution is -0.129. The van der Waals surface area contributed by atoms with E-state index in [0.29, 0.717) is 18.1 Å². The number of halogens is 1. The van der Waals surface area contributed by atoms with E-state index in [9.17, 15) is 14.4 Å². The zero-order chi connectivity index (χ0) is 22.4. The highest BCUT2D eigenvalue weighted by Gasteiger charge is 2.56. The van der Waals surface area contributed by atoms with Crippen LogP contribution in [0.25, 0.3) is 0 Å². The van der Waals surface area contributed by atoms with Gasteiger partial charge in [0.05, 0.1) is 18.7 Å². The monoisotopic (exact) mass is 455 g/mol. The van der Waals surface area contributed by atoms with Crippen LogP contribution in [0.3, 0.4) is 0 Å². The lowest BCUT2D eigenvalue weighted by atomic mass is 10.1. The number of fused-ring (bicyclic) bond motifs is 1. The Hall–Kier alpha value is -3.33. The molecule has 0 unspecified atom stereocenters. The molecule has 2 saturated heterocycles. The first kappa shape index (κ1) is 20.6. The van der Waals surface area contributed by atoms with E-state index in [1.165, 1.54) is 23.1 Å². The number of amides is 5. The fourth-order valence-corrected chi connectivity index (χ4v) is 4.69. The summed E-state index contributed by atoms with van der Waals surface area (Å²) in [6, 6.07) is 9.97. The fraction of sp³-hybridized carbons (Fsp3) is 0.364. The van der Waals surface area contributed by atoms with E-state index >= 15 is 0 Å². The van der Waals surface area contributed by atoms with E-state index in [4.69, 9.17) is 16.3 Å². The summed E-state index contributed by atoms with van der Waals surface area (Å²) >= 11 is 6.18. The molecule has 1 saturated carbocycles. The highest BCUT2D eigenvalue weighted by molar-refractivity contribution is 6.34. The van der Waals surface area contributed by atoms with Crippen molar-refractivity contribution in [1.29, 1.82) is 0 Å². The van der Waals surface area contributed by atoms with Gasteiger partial charge >= 0.3 is 12.1 Å². The second-order valence-corrected chi connectivity index (χ2v) is 8.48. The van der Waals surface area contributed by atoms with Gasteiger partial charge in [-0.25, -0.2) is 14.6 Å². The molecule has 1 aliphatic carbocycles. The van der Waals surface area contributed by atoms with Crippen molar-refractivity contribution in [3.8, 4) is 5.88 Å². The third kappa shape index (κ3) is 3.42. The first-order chi connectivity index (χ1) is 15.5. The lowest BCUT2D eigenvalue weighted by Gasteiger charge is -2.35.